The van der Waals surface area contributed by atoms with Gasteiger partial charge in [0, 0.05) is 6.04 Å². The molecule has 2 atom stereocenters. The van der Waals surface area contributed by atoms with Gasteiger partial charge in [0.15, 0.2) is 0 Å². The van der Waals surface area contributed by atoms with Crippen LogP contribution in [-0.4, -0.2) is 26.4 Å². The minimum absolute atomic E-state index is 0.0592. The fraction of sp³-hybridized carbons (Fsp3) is 0.350. The highest BCUT2D eigenvalue weighted by atomic mass is 32.2. The summed E-state index contributed by atoms with van der Waals surface area (Å²) >= 11 is 0. The van der Waals surface area contributed by atoms with Crippen LogP contribution in [0.5, 0.6) is 0 Å². The molecule has 0 aliphatic carbocycles. The molecule has 2 N–H and O–H groups in total. The smallest absolute Gasteiger partial charge is 0.241 e. The maximum atomic E-state index is 13.1. The topological polar surface area (TPSA) is 75.3 Å². The molecule has 0 heterocycles. The molecule has 7 heteroatoms. The normalized spacial score (nSPS) is 13.7. The van der Waals surface area contributed by atoms with E-state index in [1.54, 1.807) is 0 Å². The second-order valence-corrected chi connectivity index (χ2v) is 8.23. The Morgan fingerprint density at radius 1 is 1.07 bits per heavy atom. The van der Waals surface area contributed by atoms with Crippen LogP contribution in [0.4, 0.5) is 4.39 Å². The molecule has 2 rings (SSSR count). The zero-order chi connectivity index (χ0) is 19.9. The van der Waals surface area contributed by atoms with Gasteiger partial charge in [0.05, 0.1) is 4.90 Å². The first-order chi connectivity index (χ1) is 12.8. The van der Waals surface area contributed by atoms with Crippen molar-refractivity contribution in [2.45, 2.75) is 50.1 Å². The quantitative estimate of drug-likeness (QED) is 0.689. The second kappa shape index (κ2) is 9.62. The number of benzene rings is 2. The van der Waals surface area contributed by atoms with Gasteiger partial charge < -0.3 is 5.32 Å². The average Bonchev–Trinajstić information content (AvgIpc) is 2.62. The Hall–Kier alpha value is -2.25. The van der Waals surface area contributed by atoms with E-state index in [1.807, 2.05) is 44.2 Å². The van der Waals surface area contributed by atoms with E-state index >= 15 is 0 Å². The van der Waals surface area contributed by atoms with Crippen molar-refractivity contribution in [2.75, 3.05) is 0 Å². The second-order valence-electron chi connectivity index (χ2n) is 6.52. The van der Waals surface area contributed by atoms with Gasteiger partial charge in [-0.25, -0.2) is 12.8 Å². The molecular formula is C20H25FN2O3S. The summed E-state index contributed by atoms with van der Waals surface area (Å²) in [6.45, 7) is 3.90. The molecule has 0 saturated heterocycles. The third-order valence-electron chi connectivity index (χ3n) is 4.13. The molecule has 5 nitrogen and oxygen atoms in total. The van der Waals surface area contributed by atoms with E-state index in [9.17, 15) is 17.6 Å². The largest absolute Gasteiger partial charge is 0.352 e. The summed E-state index contributed by atoms with van der Waals surface area (Å²) in [4.78, 5) is 12.6. The lowest BCUT2D eigenvalue weighted by atomic mass is 10.1. The van der Waals surface area contributed by atoms with Gasteiger partial charge in [-0.1, -0.05) is 43.7 Å². The van der Waals surface area contributed by atoms with Crippen LogP contribution in [0.25, 0.3) is 0 Å². The van der Waals surface area contributed by atoms with Crippen LogP contribution in [0.2, 0.25) is 0 Å². The van der Waals surface area contributed by atoms with Gasteiger partial charge in [-0.05, 0) is 49.6 Å². The number of hydrogen-bond acceptors (Lipinski definition) is 3. The molecule has 0 spiro atoms. The average molecular weight is 392 g/mol. The van der Waals surface area contributed by atoms with Crippen molar-refractivity contribution in [3.63, 3.8) is 0 Å². The molecule has 0 aromatic heterocycles. The van der Waals surface area contributed by atoms with E-state index in [0.717, 1.165) is 30.5 Å². The molecule has 2 aromatic carbocycles. The van der Waals surface area contributed by atoms with Gasteiger partial charge in [0.1, 0.15) is 11.9 Å². The van der Waals surface area contributed by atoms with Crippen LogP contribution >= 0.6 is 0 Å². The first-order valence-electron chi connectivity index (χ1n) is 8.94. The predicted octanol–water partition coefficient (Wildman–Crippen LogP) is 3.02. The lowest BCUT2D eigenvalue weighted by molar-refractivity contribution is -0.123. The van der Waals surface area contributed by atoms with E-state index in [2.05, 4.69) is 10.0 Å². The van der Waals surface area contributed by atoms with Gasteiger partial charge in [-0.15, -0.1) is 0 Å². The summed E-state index contributed by atoms with van der Waals surface area (Å²) in [5.41, 5.74) is 0.836. The Bertz CT molecular complexity index is 839. The number of rotatable bonds is 9. The van der Waals surface area contributed by atoms with Crippen molar-refractivity contribution in [2.24, 2.45) is 0 Å². The Balaban J connectivity index is 2.22. The first kappa shape index (κ1) is 21.1. The van der Waals surface area contributed by atoms with Crippen LogP contribution in [-0.2, 0) is 21.2 Å². The highest BCUT2D eigenvalue weighted by molar-refractivity contribution is 7.89. The molecular weight excluding hydrogens is 367 g/mol. The Morgan fingerprint density at radius 2 is 1.70 bits per heavy atom. The molecule has 1 amide bonds. The number of carbonyl (C=O) groups is 1. The zero-order valence-electron chi connectivity index (χ0n) is 15.5. The summed E-state index contributed by atoms with van der Waals surface area (Å²) in [5, 5.41) is 2.86. The van der Waals surface area contributed by atoms with E-state index in [1.165, 1.54) is 12.1 Å². The van der Waals surface area contributed by atoms with Crippen molar-refractivity contribution >= 4 is 15.9 Å². The standard InChI is InChI=1S/C20H25FN2O3S/c1-3-7-15(2)22-20(24)19(14-16-8-5-4-6-9-16)23-27(25,26)18-12-10-17(21)11-13-18/h4-6,8-13,15,19,23H,3,7,14H2,1-2H3,(H,22,24)/t15-,19+/m0/s1. The summed E-state index contributed by atoms with van der Waals surface area (Å²) in [7, 11) is -3.97. The number of halogens is 1. The van der Waals surface area contributed by atoms with Crippen molar-refractivity contribution in [3.8, 4) is 0 Å². The summed E-state index contributed by atoms with van der Waals surface area (Å²) in [5.74, 6) is -0.911. The summed E-state index contributed by atoms with van der Waals surface area (Å²) in [6, 6.07) is 12.7. The zero-order valence-corrected chi connectivity index (χ0v) is 16.3. The fourth-order valence-electron chi connectivity index (χ4n) is 2.76. The van der Waals surface area contributed by atoms with E-state index in [4.69, 9.17) is 0 Å². The maximum absolute atomic E-state index is 13.1. The maximum Gasteiger partial charge on any atom is 0.241 e. The van der Waals surface area contributed by atoms with Gasteiger partial charge in [0.2, 0.25) is 15.9 Å². The van der Waals surface area contributed by atoms with Gasteiger partial charge in [0.25, 0.3) is 0 Å². The molecule has 27 heavy (non-hydrogen) atoms. The minimum atomic E-state index is -3.97. The fourth-order valence-corrected chi connectivity index (χ4v) is 3.95. The van der Waals surface area contributed by atoms with Crippen LogP contribution < -0.4 is 10.0 Å². The minimum Gasteiger partial charge on any atom is -0.352 e. The predicted molar refractivity (Wildman–Crippen MR) is 103 cm³/mol. The molecule has 0 saturated carbocycles. The summed E-state index contributed by atoms with van der Waals surface area (Å²) < 4.78 is 40.8. The van der Waals surface area contributed by atoms with Crippen LogP contribution in [0, 0.1) is 5.82 Å². The lowest BCUT2D eigenvalue weighted by Gasteiger charge is -2.21. The molecule has 0 unspecified atom stereocenters. The number of carbonyl (C=O) groups excluding carboxylic acids is 1. The van der Waals surface area contributed by atoms with Crippen molar-refractivity contribution < 1.29 is 17.6 Å². The monoisotopic (exact) mass is 392 g/mol. The molecule has 0 aliphatic rings. The number of sulfonamides is 1. The van der Waals surface area contributed by atoms with Crippen molar-refractivity contribution in [1.82, 2.24) is 10.0 Å². The van der Waals surface area contributed by atoms with Crippen molar-refractivity contribution in [3.05, 3.63) is 66.0 Å². The van der Waals surface area contributed by atoms with Gasteiger partial charge in [-0.2, -0.15) is 4.72 Å². The highest BCUT2D eigenvalue weighted by Crippen LogP contribution is 2.12. The van der Waals surface area contributed by atoms with E-state index in [0.29, 0.717) is 0 Å². The summed E-state index contributed by atoms with van der Waals surface area (Å²) in [6.07, 6.45) is 1.92. The van der Waals surface area contributed by atoms with Gasteiger partial charge >= 0.3 is 0 Å². The Kier molecular flexibility index (Phi) is 7.50. The van der Waals surface area contributed by atoms with Gasteiger partial charge in [-0.3, -0.25) is 4.79 Å². The van der Waals surface area contributed by atoms with Crippen molar-refractivity contribution in [1.29, 1.82) is 0 Å². The number of hydrogen-bond donors (Lipinski definition) is 2. The lowest BCUT2D eigenvalue weighted by Crippen LogP contribution is -2.50. The van der Waals surface area contributed by atoms with Crippen LogP contribution in [0.1, 0.15) is 32.3 Å². The Morgan fingerprint density at radius 3 is 2.30 bits per heavy atom. The molecule has 0 bridgehead atoms. The van der Waals surface area contributed by atoms with Crippen LogP contribution in [0.15, 0.2) is 59.5 Å². The third-order valence-corrected chi connectivity index (χ3v) is 5.62. The molecule has 2 aromatic rings. The third kappa shape index (κ3) is 6.45. The SMILES string of the molecule is CCC[C@H](C)NC(=O)[C@@H](Cc1ccccc1)NS(=O)(=O)c1ccc(F)cc1. The first-order valence-corrected chi connectivity index (χ1v) is 10.4. The Labute approximate surface area is 160 Å². The van der Waals surface area contributed by atoms with E-state index in [-0.39, 0.29) is 23.3 Å². The molecule has 146 valence electrons. The van der Waals surface area contributed by atoms with Crippen LogP contribution in [0.3, 0.4) is 0 Å². The molecule has 0 fully saturated rings. The number of amides is 1. The molecule has 0 aliphatic heterocycles. The highest BCUT2D eigenvalue weighted by Gasteiger charge is 2.26. The number of nitrogens with one attached hydrogen (secondary N) is 2. The van der Waals surface area contributed by atoms with E-state index < -0.39 is 21.9 Å². The molecule has 0 radical (unpaired) electrons.